The molecule has 0 saturated carbocycles. The van der Waals surface area contributed by atoms with Crippen LogP contribution in [-0.4, -0.2) is 5.24 Å². The van der Waals surface area contributed by atoms with Crippen molar-refractivity contribution in [2.75, 3.05) is 0 Å². The number of amides is 1. The molecule has 0 aliphatic carbocycles. The van der Waals surface area contributed by atoms with Crippen molar-refractivity contribution in [3.8, 4) is 0 Å². The molecular weight excluding hydrogens is 138 g/mol. The Morgan fingerprint density at radius 3 is 2.33 bits per heavy atom. The minimum absolute atomic E-state index is 0.407. The second-order valence-corrected chi connectivity index (χ2v) is 3.48. The van der Waals surface area contributed by atoms with Gasteiger partial charge in [-0.1, -0.05) is 11.7 Å². The second kappa shape index (κ2) is 3.70. The number of carbonyl (C=O) groups excluding carboxylic acids is 1. The summed E-state index contributed by atoms with van der Waals surface area (Å²) in [7, 11) is 1.95. The highest BCUT2D eigenvalue weighted by Gasteiger charge is 1.87. The van der Waals surface area contributed by atoms with Gasteiger partial charge in [0.2, 0.25) is 0 Å². The Kier molecular flexibility index (Phi) is 4.02. The molecule has 1 amide bonds. The van der Waals surface area contributed by atoms with E-state index in [1.807, 2.05) is 0 Å². The Hall–Kier alpha value is 0.520. The van der Waals surface area contributed by atoms with Crippen LogP contribution in [-0.2, 0) is 0 Å². The van der Waals surface area contributed by atoms with Crippen LogP contribution in [0, 0.1) is 0 Å². The zero-order valence-electron chi connectivity index (χ0n) is 2.75. The molecule has 0 unspecified atom stereocenters. The van der Waals surface area contributed by atoms with Gasteiger partial charge in [0.15, 0.2) is 0 Å². The smallest absolute Gasteiger partial charge is 0.287 e. The van der Waals surface area contributed by atoms with Crippen LogP contribution in [0.25, 0.3) is 0 Å². The normalized spacial score (nSPS) is 8.17. The third-order valence-electron chi connectivity index (χ3n) is 0.119. The highest BCUT2D eigenvalue weighted by molar-refractivity contribution is 9.08. The van der Waals surface area contributed by atoms with Gasteiger partial charge < -0.3 is 5.73 Å². The van der Waals surface area contributed by atoms with E-state index in [1.165, 1.54) is 0 Å². The van der Waals surface area contributed by atoms with Crippen LogP contribution in [0.4, 0.5) is 4.79 Å². The van der Waals surface area contributed by atoms with Crippen LogP contribution in [0.5, 0.6) is 0 Å². The van der Waals surface area contributed by atoms with E-state index < -0.39 is 5.24 Å². The van der Waals surface area contributed by atoms with Crippen LogP contribution in [0.1, 0.15) is 0 Å². The van der Waals surface area contributed by atoms with Crippen LogP contribution in [0.3, 0.4) is 0 Å². The van der Waals surface area contributed by atoms with Crippen molar-refractivity contribution in [2.45, 2.75) is 0 Å². The predicted octanol–water partition coefficient (Wildman–Crippen LogP) is 1.29. The molecule has 0 rings (SSSR count). The number of nitrogens with two attached hydrogens (primary N) is 1. The van der Waals surface area contributed by atoms with Gasteiger partial charge in [0, 0.05) is 10.8 Å². The van der Waals surface area contributed by atoms with Crippen molar-refractivity contribution >= 4 is 37.5 Å². The summed E-state index contributed by atoms with van der Waals surface area (Å²) in [6.45, 7) is 0. The molecule has 0 fully saturated rings. The summed E-state index contributed by atoms with van der Waals surface area (Å²) >= 11 is 3.64. The van der Waals surface area contributed by atoms with Crippen molar-refractivity contribution in [2.24, 2.45) is 5.73 Å². The average molecular weight is 141 g/mol. The van der Waals surface area contributed by atoms with Crippen molar-refractivity contribution in [1.82, 2.24) is 0 Å². The monoisotopic (exact) mass is 141 g/mol. The molecule has 0 aliphatic heterocycles. The maximum absolute atomic E-state index is 9.71. The van der Waals surface area contributed by atoms with Gasteiger partial charge in [-0.3, -0.25) is 4.79 Å². The van der Waals surface area contributed by atoms with Gasteiger partial charge in [-0.15, -0.1) is 0 Å². The number of primary amides is 1. The van der Waals surface area contributed by atoms with Crippen LogP contribution < -0.4 is 5.73 Å². The number of rotatable bonds is 1. The summed E-state index contributed by atoms with van der Waals surface area (Å²) in [4.78, 5) is 9.71. The molecular formula is CH3NOS3. The van der Waals surface area contributed by atoms with Gasteiger partial charge in [-0.25, -0.2) is 0 Å². The van der Waals surface area contributed by atoms with Crippen LogP contribution in [0.15, 0.2) is 0 Å². The lowest BCUT2D eigenvalue weighted by Gasteiger charge is -1.79. The molecule has 0 aromatic carbocycles. The summed E-state index contributed by atoms with van der Waals surface area (Å²) in [5.74, 6) is 0. The molecule has 0 radical (unpaired) electrons. The minimum Gasteiger partial charge on any atom is -0.360 e. The highest BCUT2D eigenvalue weighted by atomic mass is 33.5. The fourth-order valence-electron chi connectivity index (χ4n) is 0.0367. The zero-order valence-corrected chi connectivity index (χ0v) is 5.28. The topological polar surface area (TPSA) is 43.1 Å². The van der Waals surface area contributed by atoms with Crippen molar-refractivity contribution in [3.63, 3.8) is 0 Å². The van der Waals surface area contributed by atoms with E-state index in [4.69, 9.17) is 0 Å². The quantitative estimate of drug-likeness (QED) is 0.427. The Balaban J connectivity index is 2.83. The number of carbonyl (C=O) groups is 1. The van der Waals surface area contributed by atoms with E-state index in [1.54, 1.807) is 0 Å². The molecule has 5 heteroatoms. The summed E-state index contributed by atoms with van der Waals surface area (Å²) in [6.07, 6.45) is 0. The van der Waals surface area contributed by atoms with Crippen LogP contribution in [0.2, 0.25) is 0 Å². The fraction of sp³-hybridized carbons (Fsp3) is 0. The van der Waals surface area contributed by atoms with Crippen LogP contribution >= 0.6 is 32.3 Å². The standard InChI is InChI=1S/CH3NOS3/c2-1(3)5-6-4/h4H,(H2,2,3). The molecule has 0 atom stereocenters. The van der Waals surface area contributed by atoms with E-state index in [2.05, 4.69) is 17.4 Å². The fourth-order valence-corrected chi connectivity index (χ4v) is 0.992. The third kappa shape index (κ3) is 4.52. The first-order valence-corrected chi connectivity index (χ1v) is 4.25. The molecule has 6 heavy (non-hydrogen) atoms. The van der Waals surface area contributed by atoms with E-state index in [0.29, 0.717) is 0 Å². The van der Waals surface area contributed by atoms with Crippen molar-refractivity contribution in [3.05, 3.63) is 0 Å². The first-order valence-electron chi connectivity index (χ1n) is 1.05. The highest BCUT2D eigenvalue weighted by Crippen LogP contribution is 2.23. The Labute approximate surface area is 48.4 Å². The van der Waals surface area contributed by atoms with Gasteiger partial charge in [0.25, 0.3) is 5.24 Å². The zero-order chi connectivity index (χ0) is 4.99. The Morgan fingerprint density at radius 1 is 1.83 bits per heavy atom. The summed E-state index contributed by atoms with van der Waals surface area (Å²) in [6, 6.07) is 0. The SMILES string of the molecule is NC(=O)SSS. The molecule has 2 nitrogen and oxygen atoms in total. The molecule has 0 heterocycles. The van der Waals surface area contributed by atoms with Gasteiger partial charge in [0.1, 0.15) is 0 Å². The lowest BCUT2D eigenvalue weighted by atomic mass is 11.5. The van der Waals surface area contributed by atoms with E-state index in [0.717, 1.165) is 20.6 Å². The van der Waals surface area contributed by atoms with Gasteiger partial charge >= 0.3 is 0 Å². The van der Waals surface area contributed by atoms with E-state index in [9.17, 15) is 4.79 Å². The average Bonchev–Trinajstić information content (AvgIpc) is 1.35. The predicted molar refractivity (Wildman–Crippen MR) is 33.8 cm³/mol. The minimum atomic E-state index is -0.407. The number of thiol groups is 1. The molecule has 0 spiro atoms. The first kappa shape index (κ1) is 6.52. The van der Waals surface area contributed by atoms with Crippen molar-refractivity contribution in [1.29, 1.82) is 0 Å². The molecule has 0 aromatic rings. The summed E-state index contributed by atoms with van der Waals surface area (Å²) < 4.78 is 0. The second-order valence-electron chi connectivity index (χ2n) is 0.477. The van der Waals surface area contributed by atoms with E-state index in [-0.39, 0.29) is 0 Å². The Bertz CT molecular complexity index is 54.8. The molecule has 2 N–H and O–H groups in total. The molecule has 0 saturated heterocycles. The lowest BCUT2D eigenvalue weighted by Crippen LogP contribution is -1.98. The molecule has 36 valence electrons. The lowest BCUT2D eigenvalue weighted by molar-refractivity contribution is 0.267. The molecule has 0 aliphatic rings. The first-order chi connectivity index (χ1) is 2.77. The summed E-state index contributed by atoms with van der Waals surface area (Å²) in [5.41, 5.74) is 4.66. The molecule has 0 bridgehead atoms. The Morgan fingerprint density at radius 2 is 2.33 bits per heavy atom. The van der Waals surface area contributed by atoms with Gasteiger partial charge in [0.05, 0.1) is 0 Å². The summed E-state index contributed by atoms with van der Waals surface area (Å²) in [5, 5.41) is -0.407. The van der Waals surface area contributed by atoms with Gasteiger partial charge in [-0.05, 0) is 9.83 Å². The maximum Gasteiger partial charge on any atom is 0.287 e. The largest absolute Gasteiger partial charge is 0.360 e. The van der Waals surface area contributed by atoms with Crippen molar-refractivity contribution < 1.29 is 4.79 Å². The number of hydrogen-bond acceptors (Lipinski definition) is 4. The van der Waals surface area contributed by atoms with Gasteiger partial charge in [-0.2, -0.15) is 0 Å². The van der Waals surface area contributed by atoms with E-state index >= 15 is 0 Å². The third-order valence-corrected chi connectivity index (χ3v) is 1.75. The molecule has 0 aromatic heterocycles. The number of hydrogen-bond donors (Lipinski definition) is 2. The maximum atomic E-state index is 9.71.